The van der Waals surface area contributed by atoms with E-state index in [1.54, 1.807) is 0 Å². The van der Waals surface area contributed by atoms with Gasteiger partial charge in [0.1, 0.15) is 12.4 Å². The van der Waals surface area contributed by atoms with Crippen LogP contribution in [-0.4, -0.2) is 32.1 Å². The van der Waals surface area contributed by atoms with Crippen molar-refractivity contribution in [3.8, 4) is 5.75 Å². The van der Waals surface area contributed by atoms with Crippen LogP contribution in [-0.2, 0) is 0 Å². The second-order valence-corrected chi connectivity index (χ2v) is 7.12. The summed E-state index contributed by atoms with van der Waals surface area (Å²) in [5, 5.41) is 0. The third kappa shape index (κ3) is 6.22. The van der Waals surface area contributed by atoms with E-state index in [1.807, 2.05) is 0 Å². The highest BCUT2D eigenvalue weighted by Crippen LogP contribution is 2.34. The molecule has 0 saturated carbocycles. The maximum Gasteiger partial charge on any atom is 0.119 e. The fourth-order valence-electron chi connectivity index (χ4n) is 3.35. The summed E-state index contributed by atoms with van der Waals surface area (Å²) in [6.45, 7) is 3.83. The maximum absolute atomic E-state index is 5.87. The van der Waals surface area contributed by atoms with Crippen LogP contribution in [0.1, 0.15) is 30.0 Å². The molecule has 2 nitrogen and oxygen atoms in total. The van der Waals surface area contributed by atoms with Gasteiger partial charge in [-0.1, -0.05) is 79.7 Å². The molecule has 0 aliphatic carbocycles. The van der Waals surface area contributed by atoms with E-state index in [4.69, 9.17) is 4.74 Å². The third-order valence-corrected chi connectivity index (χ3v) is 4.79. The summed E-state index contributed by atoms with van der Waals surface area (Å²) in [7, 11) is 4.11. The molecule has 3 aromatic rings. The van der Waals surface area contributed by atoms with Gasteiger partial charge in [0.2, 0.25) is 0 Å². The van der Waals surface area contributed by atoms with E-state index in [1.165, 1.54) is 27.8 Å². The lowest BCUT2D eigenvalue weighted by Gasteiger charge is -2.17. The molecule has 0 aliphatic rings. The topological polar surface area (TPSA) is 12.5 Å². The van der Waals surface area contributed by atoms with E-state index >= 15 is 0 Å². The lowest BCUT2D eigenvalue weighted by Crippen LogP contribution is -2.19. The molecule has 0 bridgehead atoms. The number of likely N-dealkylation sites (N-methyl/N-ethyl adjacent to an activating group) is 1. The van der Waals surface area contributed by atoms with E-state index in [2.05, 4.69) is 111 Å². The summed E-state index contributed by atoms with van der Waals surface area (Å²) in [4.78, 5) is 2.12. The molecule has 0 aromatic heterocycles. The number of hydrogen-bond donors (Lipinski definition) is 0. The Kier molecular flexibility index (Phi) is 8.98. The van der Waals surface area contributed by atoms with Gasteiger partial charge in [-0.2, -0.15) is 0 Å². The molecule has 0 radical (unpaired) electrons. The summed E-state index contributed by atoms with van der Waals surface area (Å²) in [5.74, 6) is 0.913. The highest BCUT2D eigenvalue weighted by molar-refractivity contribution is 5.98. The smallest absolute Gasteiger partial charge is 0.119 e. The minimum Gasteiger partial charge on any atom is -0.492 e. The number of halogens is 1. The number of benzene rings is 3. The molecule has 3 heteroatoms. The number of allylic oxidation sites excluding steroid dienone is 1. The monoisotopic (exact) mass is 407 g/mol. The lowest BCUT2D eigenvalue weighted by atomic mass is 9.88. The Morgan fingerprint density at radius 3 is 1.76 bits per heavy atom. The summed E-state index contributed by atoms with van der Waals surface area (Å²) >= 11 is 0. The van der Waals surface area contributed by atoms with Crippen molar-refractivity contribution in [3.63, 3.8) is 0 Å². The number of hydrogen-bond acceptors (Lipinski definition) is 2. The fourth-order valence-corrected chi connectivity index (χ4v) is 3.35. The van der Waals surface area contributed by atoms with Crippen molar-refractivity contribution in [2.24, 2.45) is 0 Å². The van der Waals surface area contributed by atoms with Gasteiger partial charge in [0, 0.05) is 6.54 Å². The Bertz CT molecular complexity index is 887. The van der Waals surface area contributed by atoms with E-state index in [0.717, 1.165) is 18.7 Å². The van der Waals surface area contributed by atoms with Crippen LogP contribution in [0.5, 0.6) is 5.75 Å². The molecule has 29 heavy (non-hydrogen) atoms. The largest absolute Gasteiger partial charge is 0.492 e. The highest BCUT2D eigenvalue weighted by Gasteiger charge is 2.12. The van der Waals surface area contributed by atoms with Crippen LogP contribution >= 0.6 is 12.4 Å². The van der Waals surface area contributed by atoms with Crippen LogP contribution in [0.4, 0.5) is 0 Å². The zero-order valence-corrected chi connectivity index (χ0v) is 18.3. The van der Waals surface area contributed by atoms with E-state index < -0.39 is 0 Å². The predicted octanol–water partition coefficient (Wildman–Crippen LogP) is 6.42. The predicted molar refractivity (Wildman–Crippen MR) is 127 cm³/mol. The Balaban J connectivity index is 0.00000300. The molecule has 0 unspecified atom stereocenters. The molecule has 0 N–H and O–H groups in total. The van der Waals surface area contributed by atoms with Gasteiger partial charge in [0.15, 0.2) is 0 Å². The van der Waals surface area contributed by atoms with Crippen LogP contribution in [0.2, 0.25) is 0 Å². The Morgan fingerprint density at radius 2 is 1.24 bits per heavy atom. The summed E-state index contributed by atoms with van der Waals surface area (Å²) in [6.07, 6.45) is 0.968. The van der Waals surface area contributed by atoms with Crippen molar-refractivity contribution in [2.45, 2.75) is 13.3 Å². The second-order valence-electron chi connectivity index (χ2n) is 7.12. The molecule has 0 fully saturated rings. The maximum atomic E-state index is 5.87. The first-order valence-corrected chi connectivity index (χ1v) is 9.91. The second kappa shape index (κ2) is 11.5. The molecule has 3 rings (SSSR count). The molecule has 0 amide bonds. The van der Waals surface area contributed by atoms with Crippen LogP contribution in [0.15, 0.2) is 84.9 Å². The number of ether oxygens (including phenoxy) is 1. The number of rotatable bonds is 8. The van der Waals surface area contributed by atoms with Gasteiger partial charge in [-0.15, -0.1) is 12.4 Å². The summed E-state index contributed by atoms with van der Waals surface area (Å²) < 4.78 is 5.87. The van der Waals surface area contributed by atoms with Crippen LogP contribution in [0.25, 0.3) is 11.1 Å². The molecular formula is C26H30ClNO. The standard InChI is InChI=1S/C26H29NO.ClH/c1-4-25(21-11-7-5-8-12-21)26(22-13-9-6-10-14-22)23-15-17-24(18-16-23)28-20-19-27(2)3;/h5-18H,4,19-20H2,1-3H3;1H/b26-25-;. The van der Waals surface area contributed by atoms with E-state index in [9.17, 15) is 0 Å². The summed E-state index contributed by atoms with van der Waals surface area (Å²) in [5.41, 5.74) is 6.37. The summed E-state index contributed by atoms with van der Waals surface area (Å²) in [6, 6.07) is 29.8. The molecule has 152 valence electrons. The van der Waals surface area contributed by atoms with Gasteiger partial charge in [-0.25, -0.2) is 0 Å². The van der Waals surface area contributed by atoms with Gasteiger partial charge < -0.3 is 9.64 Å². The van der Waals surface area contributed by atoms with Gasteiger partial charge in [-0.05, 0) is 60.5 Å². The lowest BCUT2D eigenvalue weighted by molar-refractivity contribution is 0.261. The fraction of sp³-hybridized carbons (Fsp3) is 0.231. The number of nitrogens with zero attached hydrogens (tertiary/aromatic N) is 1. The van der Waals surface area contributed by atoms with Crippen LogP contribution < -0.4 is 4.74 Å². The zero-order chi connectivity index (χ0) is 19.8. The molecule has 0 heterocycles. The molecular weight excluding hydrogens is 378 g/mol. The minimum atomic E-state index is 0. The van der Waals surface area contributed by atoms with Crippen molar-refractivity contribution < 1.29 is 4.74 Å². The van der Waals surface area contributed by atoms with Crippen LogP contribution in [0, 0.1) is 0 Å². The minimum absolute atomic E-state index is 0. The zero-order valence-electron chi connectivity index (χ0n) is 17.5. The first-order chi connectivity index (χ1) is 13.7. The van der Waals surface area contributed by atoms with E-state index in [0.29, 0.717) is 6.61 Å². The van der Waals surface area contributed by atoms with Gasteiger partial charge in [0.05, 0.1) is 0 Å². The normalized spacial score (nSPS) is 11.6. The molecule has 0 spiro atoms. The quantitative estimate of drug-likeness (QED) is 0.399. The Morgan fingerprint density at radius 1 is 0.724 bits per heavy atom. The van der Waals surface area contributed by atoms with Gasteiger partial charge in [0.25, 0.3) is 0 Å². The molecule has 0 saturated heterocycles. The van der Waals surface area contributed by atoms with Crippen molar-refractivity contribution in [3.05, 3.63) is 102 Å². The van der Waals surface area contributed by atoms with Gasteiger partial charge in [-0.3, -0.25) is 0 Å². The average molecular weight is 408 g/mol. The molecule has 0 aliphatic heterocycles. The molecule has 3 aromatic carbocycles. The SMILES string of the molecule is CC/C(=C(\c1ccccc1)c1ccc(OCCN(C)C)cc1)c1ccccc1.Cl. The third-order valence-electron chi connectivity index (χ3n) is 4.79. The van der Waals surface area contributed by atoms with Crippen molar-refractivity contribution in [2.75, 3.05) is 27.2 Å². The Hall–Kier alpha value is -2.55. The highest BCUT2D eigenvalue weighted by atomic mass is 35.5. The van der Waals surface area contributed by atoms with Crippen molar-refractivity contribution >= 4 is 23.6 Å². The van der Waals surface area contributed by atoms with Crippen molar-refractivity contribution in [1.82, 2.24) is 4.90 Å². The molecule has 0 atom stereocenters. The van der Waals surface area contributed by atoms with Crippen LogP contribution in [0.3, 0.4) is 0 Å². The Labute approximate surface area is 181 Å². The van der Waals surface area contributed by atoms with Gasteiger partial charge >= 0.3 is 0 Å². The van der Waals surface area contributed by atoms with E-state index in [-0.39, 0.29) is 12.4 Å². The first kappa shape index (κ1) is 22.7. The van der Waals surface area contributed by atoms with Crippen molar-refractivity contribution in [1.29, 1.82) is 0 Å². The first-order valence-electron chi connectivity index (χ1n) is 9.91. The average Bonchev–Trinajstić information content (AvgIpc) is 2.73.